The van der Waals surface area contributed by atoms with E-state index < -0.39 is 6.04 Å². The monoisotopic (exact) mass is 273 g/mol. The van der Waals surface area contributed by atoms with Gasteiger partial charge in [-0.25, -0.2) is 4.79 Å². The summed E-state index contributed by atoms with van der Waals surface area (Å²) in [6.07, 6.45) is 1.59. The van der Waals surface area contributed by atoms with E-state index in [9.17, 15) is 4.79 Å². The Hall–Kier alpha value is -2.01. The normalized spacial score (nSPS) is 18.1. The van der Waals surface area contributed by atoms with Crippen molar-refractivity contribution in [3.05, 3.63) is 54.5 Å². The average molecular weight is 273 g/mol. The Kier molecular flexibility index (Phi) is 3.37. The fourth-order valence-corrected chi connectivity index (χ4v) is 2.69. The van der Waals surface area contributed by atoms with Crippen LogP contribution in [0.1, 0.15) is 5.76 Å². The molecule has 0 fully saturated rings. The molecule has 0 spiro atoms. The van der Waals surface area contributed by atoms with Crippen LogP contribution >= 0.6 is 11.8 Å². The van der Waals surface area contributed by atoms with E-state index in [1.165, 1.54) is 11.8 Å². The van der Waals surface area contributed by atoms with E-state index in [1.807, 2.05) is 24.3 Å². The van der Waals surface area contributed by atoms with Gasteiger partial charge in [-0.15, -0.1) is 11.8 Å². The van der Waals surface area contributed by atoms with Crippen LogP contribution in [0.5, 0.6) is 5.75 Å². The van der Waals surface area contributed by atoms with E-state index in [-0.39, 0.29) is 5.97 Å². The molecule has 0 radical (unpaired) electrons. The molecule has 96 valence electrons. The standard InChI is InChI=1S/C14H11NO3S/c16-14(18-10-5-2-1-3-6-10)11-9-19-13(15-11)12-7-4-8-17-12/h1-8,11H,9H2. The minimum absolute atomic E-state index is 0.333. The topological polar surface area (TPSA) is 51.8 Å². The highest BCUT2D eigenvalue weighted by molar-refractivity contribution is 8.14. The zero-order valence-electron chi connectivity index (χ0n) is 9.98. The maximum atomic E-state index is 12.0. The van der Waals surface area contributed by atoms with Crippen LogP contribution in [0.3, 0.4) is 0 Å². The molecule has 1 unspecified atom stereocenters. The number of esters is 1. The molecule has 1 aromatic carbocycles. The van der Waals surface area contributed by atoms with Crippen LogP contribution in [-0.2, 0) is 4.79 Å². The van der Waals surface area contributed by atoms with E-state index in [2.05, 4.69) is 4.99 Å². The number of ether oxygens (including phenoxy) is 1. The fraction of sp³-hybridized carbons (Fsp3) is 0.143. The number of aliphatic imine (C=N–C) groups is 1. The van der Waals surface area contributed by atoms with E-state index in [0.717, 1.165) is 5.04 Å². The molecule has 2 aromatic rings. The van der Waals surface area contributed by atoms with Gasteiger partial charge in [0.1, 0.15) is 10.8 Å². The number of carbonyl (C=O) groups is 1. The molecule has 1 aromatic heterocycles. The second-order valence-corrected chi connectivity index (χ2v) is 4.98. The van der Waals surface area contributed by atoms with Gasteiger partial charge in [-0.3, -0.25) is 4.99 Å². The highest BCUT2D eigenvalue weighted by atomic mass is 32.2. The Labute approximate surface area is 114 Å². The summed E-state index contributed by atoms with van der Waals surface area (Å²) in [6, 6.07) is 12.2. The van der Waals surface area contributed by atoms with Crippen molar-refractivity contribution in [1.29, 1.82) is 0 Å². The molecule has 4 nitrogen and oxygen atoms in total. The molecule has 0 aliphatic carbocycles. The summed E-state index contributed by atoms with van der Waals surface area (Å²) in [6.45, 7) is 0. The van der Waals surface area contributed by atoms with Crippen LogP contribution in [-0.4, -0.2) is 22.8 Å². The van der Waals surface area contributed by atoms with Crippen molar-refractivity contribution >= 4 is 22.8 Å². The van der Waals surface area contributed by atoms with Crippen LogP contribution < -0.4 is 4.74 Å². The van der Waals surface area contributed by atoms with Gasteiger partial charge in [0, 0.05) is 5.75 Å². The van der Waals surface area contributed by atoms with Crippen molar-refractivity contribution in [2.24, 2.45) is 4.99 Å². The lowest BCUT2D eigenvalue weighted by Gasteiger charge is -2.06. The van der Waals surface area contributed by atoms with Gasteiger partial charge >= 0.3 is 5.97 Å². The lowest BCUT2D eigenvalue weighted by atomic mass is 10.3. The van der Waals surface area contributed by atoms with Crippen LogP contribution in [0.2, 0.25) is 0 Å². The van der Waals surface area contributed by atoms with Gasteiger partial charge in [0.2, 0.25) is 0 Å². The van der Waals surface area contributed by atoms with Crippen molar-refractivity contribution in [2.75, 3.05) is 5.75 Å². The second kappa shape index (κ2) is 5.32. The molecule has 1 atom stereocenters. The van der Waals surface area contributed by atoms with Gasteiger partial charge < -0.3 is 9.15 Å². The number of para-hydroxylation sites is 1. The quantitative estimate of drug-likeness (QED) is 0.637. The molecular formula is C14H11NO3S. The van der Waals surface area contributed by atoms with E-state index in [4.69, 9.17) is 9.15 Å². The summed E-state index contributed by atoms with van der Waals surface area (Å²) in [5, 5.41) is 0.750. The number of carbonyl (C=O) groups excluding carboxylic acids is 1. The first-order valence-electron chi connectivity index (χ1n) is 5.84. The molecule has 0 saturated heterocycles. The molecule has 0 N–H and O–H groups in total. The maximum absolute atomic E-state index is 12.0. The highest BCUT2D eigenvalue weighted by Crippen LogP contribution is 2.24. The lowest BCUT2D eigenvalue weighted by Crippen LogP contribution is -2.24. The average Bonchev–Trinajstić information content (AvgIpc) is 3.11. The van der Waals surface area contributed by atoms with Crippen molar-refractivity contribution in [3.63, 3.8) is 0 Å². The molecule has 0 saturated carbocycles. The Morgan fingerprint density at radius 2 is 2.11 bits per heavy atom. The molecular weight excluding hydrogens is 262 g/mol. The molecule has 1 aliphatic rings. The van der Waals surface area contributed by atoms with Crippen molar-refractivity contribution in [3.8, 4) is 5.75 Å². The zero-order valence-corrected chi connectivity index (χ0v) is 10.8. The van der Waals surface area contributed by atoms with E-state index in [1.54, 1.807) is 24.5 Å². The van der Waals surface area contributed by atoms with Crippen molar-refractivity contribution in [1.82, 2.24) is 0 Å². The summed E-state index contributed by atoms with van der Waals surface area (Å²) >= 11 is 1.50. The smallest absolute Gasteiger partial charge is 0.337 e. The summed E-state index contributed by atoms with van der Waals surface area (Å²) in [5.74, 6) is 1.49. The predicted molar refractivity (Wildman–Crippen MR) is 73.6 cm³/mol. The maximum Gasteiger partial charge on any atom is 0.337 e. The fourth-order valence-electron chi connectivity index (χ4n) is 1.70. The number of thioether (sulfide) groups is 1. The molecule has 2 heterocycles. The summed E-state index contributed by atoms with van der Waals surface area (Å²) in [7, 11) is 0. The first kappa shape index (κ1) is 12.0. The van der Waals surface area contributed by atoms with Gasteiger partial charge in [0.15, 0.2) is 11.8 Å². The number of hydrogen-bond acceptors (Lipinski definition) is 5. The number of nitrogens with zero attached hydrogens (tertiary/aromatic N) is 1. The van der Waals surface area contributed by atoms with Crippen molar-refractivity contribution in [2.45, 2.75) is 6.04 Å². The van der Waals surface area contributed by atoms with E-state index in [0.29, 0.717) is 17.3 Å². The van der Waals surface area contributed by atoms with E-state index >= 15 is 0 Å². The van der Waals surface area contributed by atoms with Crippen molar-refractivity contribution < 1.29 is 13.9 Å². The zero-order chi connectivity index (χ0) is 13.1. The molecule has 1 aliphatic heterocycles. The minimum Gasteiger partial charge on any atom is -0.462 e. The first-order chi connectivity index (χ1) is 9.33. The third-order valence-corrected chi connectivity index (χ3v) is 3.68. The van der Waals surface area contributed by atoms with Crippen LogP contribution in [0, 0.1) is 0 Å². The molecule has 5 heteroatoms. The number of furan rings is 1. The molecule has 0 bridgehead atoms. The van der Waals surface area contributed by atoms with Crippen LogP contribution in [0.25, 0.3) is 0 Å². The molecule has 0 amide bonds. The Morgan fingerprint density at radius 1 is 1.26 bits per heavy atom. The molecule has 19 heavy (non-hydrogen) atoms. The highest BCUT2D eigenvalue weighted by Gasteiger charge is 2.28. The third kappa shape index (κ3) is 2.71. The van der Waals surface area contributed by atoms with Gasteiger partial charge in [-0.2, -0.15) is 0 Å². The van der Waals surface area contributed by atoms with Gasteiger partial charge in [0.05, 0.1) is 6.26 Å². The second-order valence-electron chi connectivity index (χ2n) is 3.97. The van der Waals surface area contributed by atoms with Crippen LogP contribution in [0.15, 0.2) is 58.1 Å². The Bertz CT molecular complexity index is 592. The van der Waals surface area contributed by atoms with Gasteiger partial charge in [0.25, 0.3) is 0 Å². The summed E-state index contributed by atoms with van der Waals surface area (Å²) in [4.78, 5) is 16.3. The SMILES string of the molecule is O=C(Oc1ccccc1)C1CSC(c2ccco2)=N1. The summed E-state index contributed by atoms with van der Waals surface area (Å²) in [5.41, 5.74) is 0. The number of rotatable bonds is 3. The number of hydrogen-bond donors (Lipinski definition) is 0. The molecule has 3 rings (SSSR count). The number of benzene rings is 1. The first-order valence-corrected chi connectivity index (χ1v) is 6.83. The predicted octanol–water partition coefficient (Wildman–Crippen LogP) is 2.75. The minimum atomic E-state index is -0.467. The lowest BCUT2D eigenvalue weighted by molar-refractivity contribution is -0.135. The summed E-state index contributed by atoms with van der Waals surface area (Å²) < 4.78 is 10.5. The van der Waals surface area contributed by atoms with Gasteiger partial charge in [-0.1, -0.05) is 18.2 Å². The Balaban J connectivity index is 1.69. The third-order valence-electron chi connectivity index (χ3n) is 2.62. The largest absolute Gasteiger partial charge is 0.462 e. The van der Waals surface area contributed by atoms with Crippen LogP contribution in [0.4, 0.5) is 0 Å². The van der Waals surface area contributed by atoms with Gasteiger partial charge in [-0.05, 0) is 24.3 Å². The Morgan fingerprint density at radius 3 is 2.84 bits per heavy atom.